The van der Waals surface area contributed by atoms with Crippen LogP contribution in [-0.4, -0.2) is 23.9 Å². The molecule has 0 aliphatic carbocycles. The highest BCUT2D eigenvalue weighted by atomic mass is 79.9. The van der Waals surface area contributed by atoms with Gasteiger partial charge in [-0.1, -0.05) is 12.0 Å². The number of ether oxygens (including phenoxy) is 1. The first-order chi connectivity index (χ1) is 9.72. The van der Waals surface area contributed by atoms with Gasteiger partial charge in [0.15, 0.2) is 0 Å². The van der Waals surface area contributed by atoms with Crippen molar-refractivity contribution in [1.82, 2.24) is 15.5 Å². The first-order valence-electron chi connectivity index (χ1n) is 6.36. The molecule has 0 aliphatic heterocycles. The summed E-state index contributed by atoms with van der Waals surface area (Å²) in [4.78, 5) is 0. The quantitative estimate of drug-likeness (QED) is 0.754. The first kappa shape index (κ1) is 14.8. The zero-order valence-corrected chi connectivity index (χ0v) is 13.0. The fraction of sp³-hybridized carbons (Fsp3) is 0.385. The Morgan fingerprint density at radius 2 is 2.20 bits per heavy atom. The van der Waals surface area contributed by atoms with Crippen LogP contribution < -0.4 is 15.4 Å². The van der Waals surface area contributed by atoms with Gasteiger partial charge in [0.1, 0.15) is 5.75 Å². The number of hydrogen-bond acceptors (Lipinski definition) is 6. The maximum Gasteiger partial charge on any atom is 0.320 e. The van der Waals surface area contributed by atoms with Crippen LogP contribution in [0.4, 0.5) is 11.7 Å². The van der Waals surface area contributed by atoms with E-state index in [2.05, 4.69) is 43.7 Å². The summed E-state index contributed by atoms with van der Waals surface area (Å²) in [5.41, 5.74) is 0.807. The highest BCUT2D eigenvalue weighted by Crippen LogP contribution is 2.29. The van der Waals surface area contributed by atoms with E-state index < -0.39 is 0 Å². The number of hydrogen-bond donors (Lipinski definition) is 2. The summed E-state index contributed by atoms with van der Waals surface area (Å²) in [5, 5.41) is 14.2. The summed E-state index contributed by atoms with van der Waals surface area (Å²) in [6, 6.07) is 5.96. The molecule has 1 heterocycles. The molecule has 20 heavy (non-hydrogen) atoms. The highest BCUT2D eigenvalue weighted by Gasteiger charge is 2.08. The molecule has 0 unspecified atom stereocenters. The molecule has 6 nitrogen and oxygen atoms in total. The minimum atomic E-state index is 0.354. The van der Waals surface area contributed by atoms with Gasteiger partial charge in [-0.15, -0.1) is 5.10 Å². The zero-order chi connectivity index (χ0) is 14.4. The van der Waals surface area contributed by atoms with E-state index in [-0.39, 0.29) is 0 Å². The molecule has 0 spiro atoms. The van der Waals surface area contributed by atoms with Gasteiger partial charge in [0.2, 0.25) is 5.89 Å². The van der Waals surface area contributed by atoms with E-state index in [1.54, 1.807) is 7.11 Å². The topological polar surface area (TPSA) is 72.2 Å². The third kappa shape index (κ3) is 3.94. The number of halogens is 1. The average molecular weight is 341 g/mol. The van der Waals surface area contributed by atoms with Crippen LogP contribution >= 0.6 is 15.9 Å². The fourth-order valence-corrected chi connectivity index (χ4v) is 1.94. The molecule has 7 heteroatoms. The Labute approximate surface area is 126 Å². The number of aromatic nitrogens is 2. The maximum atomic E-state index is 5.51. The maximum absolute atomic E-state index is 5.51. The van der Waals surface area contributed by atoms with Gasteiger partial charge in [0, 0.05) is 10.5 Å². The molecule has 108 valence electrons. The molecule has 0 saturated carbocycles. The van der Waals surface area contributed by atoms with Crippen molar-refractivity contribution in [3.05, 3.63) is 28.6 Å². The minimum Gasteiger partial charge on any atom is -0.497 e. The molecule has 0 amide bonds. The van der Waals surface area contributed by atoms with E-state index in [0.29, 0.717) is 18.5 Å². The Bertz CT molecular complexity index is 559. The largest absolute Gasteiger partial charge is 0.497 e. The molecule has 2 aromatic rings. The number of anilines is 2. The lowest BCUT2D eigenvalue weighted by Crippen LogP contribution is -2.13. The summed E-state index contributed by atoms with van der Waals surface area (Å²) in [5.74, 6) is 1.31. The van der Waals surface area contributed by atoms with E-state index >= 15 is 0 Å². The molecule has 2 rings (SSSR count). The summed E-state index contributed by atoms with van der Waals surface area (Å²) < 4.78 is 11.6. The Balaban J connectivity index is 2.03. The standard InChI is InChI=1S/C13H17BrN4O2/c1-3-6-15-8-12-17-18-13(20-12)16-11-7-9(19-2)4-5-10(11)14/h4-5,7,15H,3,6,8H2,1-2H3,(H,16,18). The molecule has 0 atom stereocenters. The van der Waals surface area contributed by atoms with Gasteiger partial charge in [0.05, 0.1) is 19.3 Å². The number of benzene rings is 1. The summed E-state index contributed by atoms with van der Waals surface area (Å²) in [6.07, 6.45) is 1.07. The number of nitrogens with zero attached hydrogens (tertiary/aromatic N) is 2. The fourth-order valence-electron chi connectivity index (χ4n) is 1.59. The van der Waals surface area contributed by atoms with E-state index in [0.717, 1.165) is 28.9 Å². The molecule has 1 aromatic carbocycles. The predicted octanol–water partition coefficient (Wildman–Crippen LogP) is 3.08. The van der Waals surface area contributed by atoms with Crippen molar-refractivity contribution in [3.8, 4) is 5.75 Å². The van der Waals surface area contributed by atoms with Crippen molar-refractivity contribution in [1.29, 1.82) is 0 Å². The minimum absolute atomic E-state index is 0.354. The van der Waals surface area contributed by atoms with Crippen LogP contribution in [0.5, 0.6) is 5.75 Å². The van der Waals surface area contributed by atoms with Gasteiger partial charge in [-0.25, -0.2) is 0 Å². The SMILES string of the molecule is CCCNCc1nnc(Nc2cc(OC)ccc2Br)o1. The smallest absolute Gasteiger partial charge is 0.320 e. The third-order valence-corrected chi connectivity index (χ3v) is 3.28. The Morgan fingerprint density at radius 3 is 2.95 bits per heavy atom. The van der Waals surface area contributed by atoms with Gasteiger partial charge in [-0.3, -0.25) is 0 Å². The van der Waals surface area contributed by atoms with Crippen molar-refractivity contribution in [3.63, 3.8) is 0 Å². The van der Waals surface area contributed by atoms with Crippen molar-refractivity contribution in [2.45, 2.75) is 19.9 Å². The summed E-state index contributed by atoms with van der Waals surface area (Å²) in [6.45, 7) is 3.60. The van der Waals surface area contributed by atoms with Crippen LogP contribution in [0.2, 0.25) is 0 Å². The third-order valence-electron chi connectivity index (χ3n) is 2.58. The van der Waals surface area contributed by atoms with E-state index in [4.69, 9.17) is 9.15 Å². The Hall–Kier alpha value is -1.60. The van der Waals surface area contributed by atoms with Crippen molar-refractivity contribution >= 4 is 27.6 Å². The number of nitrogens with one attached hydrogen (secondary N) is 2. The van der Waals surface area contributed by atoms with E-state index in [1.807, 2.05) is 18.2 Å². The molecule has 0 aliphatic rings. The lowest BCUT2D eigenvalue weighted by Gasteiger charge is -2.06. The van der Waals surface area contributed by atoms with E-state index in [1.165, 1.54) is 0 Å². The monoisotopic (exact) mass is 340 g/mol. The van der Waals surface area contributed by atoms with Gasteiger partial charge in [0.25, 0.3) is 0 Å². The van der Waals surface area contributed by atoms with Crippen LogP contribution in [0.15, 0.2) is 27.1 Å². The van der Waals surface area contributed by atoms with E-state index in [9.17, 15) is 0 Å². The second-order valence-corrected chi connectivity index (χ2v) is 5.00. The van der Waals surface area contributed by atoms with Gasteiger partial charge >= 0.3 is 6.01 Å². The molecule has 0 saturated heterocycles. The van der Waals surface area contributed by atoms with Crippen LogP contribution in [0.3, 0.4) is 0 Å². The van der Waals surface area contributed by atoms with Crippen molar-refractivity contribution < 1.29 is 9.15 Å². The van der Waals surface area contributed by atoms with Crippen LogP contribution in [-0.2, 0) is 6.54 Å². The molecule has 0 radical (unpaired) electrons. The van der Waals surface area contributed by atoms with Crippen molar-refractivity contribution in [2.75, 3.05) is 19.0 Å². The summed E-state index contributed by atoms with van der Waals surface area (Å²) in [7, 11) is 1.62. The Kier molecular flexibility index (Phi) is 5.37. The molecule has 0 fully saturated rings. The normalized spacial score (nSPS) is 10.6. The van der Waals surface area contributed by atoms with Crippen LogP contribution in [0, 0.1) is 0 Å². The zero-order valence-electron chi connectivity index (χ0n) is 11.4. The molecule has 1 aromatic heterocycles. The molecular weight excluding hydrogens is 324 g/mol. The highest BCUT2D eigenvalue weighted by molar-refractivity contribution is 9.10. The lowest BCUT2D eigenvalue weighted by atomic mass is 10.3. The molecule has 2 N–H and O–H groups in total. The Morgan fingerprint density at radius 1 is 1.35 bits per heavy atom. The molecular formula is C13H17BrN4O2. The second kappa shape index (κ2) is 7.25. The van der Waals surface area contributed by atoms with Gasteiger partial charge in [-0.05, 0) is 41.0 Å². The molecule has 0 bridgehead atoms. The second-order valence-electron chi connectivity index (χ2n) is 4.15. The van der Waals surface area contributed by atoms with Gasteiger partial charge in [-0.2, -0.15) is 0 Å². The number of methoxy groups -OCH3 is 1. The predicted molar refractivity (Wildman–Crippen MR) is 80.3 cm³/mol. The summed E-state index contributed by atoms with van der Waals surface area (Å²) >= 11 is 3.45. The van der Waals surface area contributed by atoms with Crippen molar-refractivity contribution in [2.24, 2.45) is 0 Å². The number of rotatable bonds is 7. The average Bonchev–Trinajstić information content (AvgIpc) is 2.89. The lowest BCUT2D eigenvalue weighted by molar-refractivity contribution is 0.415. The van der Waals surface area contributed by atoms with Crippen LogP contribution in [0.25, 0.3) is 0 Å². The first-order valence-corrected chi connectivity index (χ1v) is 7.16. The van der Waals surface area contributed by atoms with Crippen LogP contribution in [0.1, 0.15) is 19.2 Å². The van der Waals surface area contributed by atoms with Gasteiger partial charge < -0.3 is 19.8 Å².